The van der Waals surface area contributed by atoms with E-state index in [1.807, 2.05) is 4.68 Å². The molecule has 1 aromatic carbocycles. The molecule has 5 heteroatoms. The van der Waals surface area contributed by atoms with E-state index in [0.29, 0.717) is 6.04 Å². The number of nitrogens with one attached hydrogen (secondary N) is 1. The van der Waals surface area contributed by atoms with Crippen LogP contribution in [0.4, 0.5) is 5.69 Å². The van der Waals surface area contributed by atoms with Crippen molar-refractivity contribution >= 4 is 16.6 Å². The highest BCUT2D eigenvalue weighted by Gasteiger charge is 2.25. The number of aryl methyl sites for hydroxylation is 1. The van der Waals surface area contributed by atoms with Gasteiger partial charge in [-0.2, -0.15) is 5.10 Å². The van der Waals surface area contributed by atoms with E-state index in [1.165, 1.54) is 61.5 Å². The van der Waals surface area contributed by atoms with Crippen LogP contribution >= 0.6 is 0 Å². The van der Waals surface area contributed by atoms with Crippen molar-refractivity contribution in [3.05, 3.63) is 48.9 Å². The van der Waals surface area contributed by atoms with Crippen LogP contribution in [0.5, 0.6) is 0 Å². The van der Waals surface area contributed by atoms with Gasteiger partial charge in [-0.05, 0) is 56.5 Å². The lowest BCUT2D eigenvalue weighted by atomic mass is 9.85. The number of allylic oxidation sites excluding steroid dienone is 1. The van der Waals surface area contributed by atoms with Crippen molar-refractivity contribution in [2.24, 2.45) is 13.0 Å². The fourth-order valence-electron chi connectivity index (χ4n) is 6.28. The quantitative estimate of drug-likeness (QED) is 0.397. The maximum Gasteiger partial charge on any atom is 0.0792 e. The molecule has 1 saturated heterocycles. The number of nitrogens with zero attached hydrogens (tertiary/aromatic N) is 4. The van der Waals surface area contributed by atoms with E-state index >= 15 is 0 Å². The molecule has 192 valence electrons. The van der Waals surface area contributed by atoms with Gasteiger partial charge in [0, 0.05) is 62.0 Å². The van der Waals surface area contributed by atoms with Crippen LogP contribution in [0.2, 0.25) is 0 Å². The van der Waals surface area contributed by atoms with E-state index in [4.69, 9.17) is 5.10 Å². The molecule has 0 bridgehead atoms. The maximum absolute atomic E-state index is 4.95. The monoisotopic (exact) mass is 477 g/mol. The van der Waals surface area contributed by atoms with Gasteiger partial charge in [-0.3, -0.25) is 9.58 Å². The van der Waals surface area contributed by atoms with E-state index in [2.05, 4.69) is 67.4 Å². The van der Waals surface area contributed by atoms with Crippen molar-refractivity contribution in [1.29, 1.82) is 0 Å². The molecule has 1 aliphatic carbocycles. The maximum atomic E-state index is 4.95. The fourth-order valence-corrected chi connectivity index (χ4v) is 6.28. The number of aromatic nitrogens is 2. The van der Waals surface area contributed by atoms with Crippen LogP contribution in [-0.2, 0) is 7.05 Å². The second-order valence-corrected chi connectivity index (χ2v) is 10.9. The van der Waals surface area contributed by atoms with Gasteiger partial charge in [0.05, 0.1) is 11.2 Å². The van der Waals surface area contributed by atoms with E-state index in [9.17, 15) is 0 Å². The topological polar surface area (TPSA) is 36.3 Å². The predicted molar refractivity (Wildman–Crippen MR) is 150 cm³/mol. The van der Waals surface area contributed by atoms with Crippen LogP contribution in [-0.4, -0.2) is 46.9 Å². The summed E-state index contributed by atoms with van der Waals surface area (Å²) in [5.74, 6) is 1.18. The Balaban J connectivity index is 1.39. The van der Waals surface area contributed by atoms with Crippen molar-refractivity contribution in [3.8, 4) is 0 Å². The van der Waals surface area contributed by atoms with Gasteiger partial charge in [-0.25, -0.2) is 0 Å². The zero-order valence-corrected chi connectivity index (χ0v) is 22.4. The fraction of sp³-hybridized carbons (Fsp3) is 0.633. The number of fused-ring (bicyclic) bond motifs is 1. The third-order valence-electron chi connectivity index (χ3n) is 8.50. The first-order valence-corrected chi connectivity index (χ1v) is 14.0. The normalized spacial score (nSPS) is 19.6. The molecule has 1 saturated carbocycles. The number of hydrogen-bond acceptors (Lipinski definition) is 4. The molecule has 0 radical (unpaired) electrons. The highest BCUT2D eigenvalue weighted by Crippen LogP contribution is 2.34. The third kappa shape index (κ3) is 6.11. The number of anilines is 1. The second kappa shape index (κ2) is 12.1. The van der Waals surface area contributed by atoms with Crippen LogP contribution in [0.25, 0.3) is 10.9 Å². The molecule has 2 aromatic rings. The summed E-state index contributed by atoms with van der Waals surface area (Å²) in [6.07, 6.45) is 13.9. The Morgan fingerprint density at radius 3 is 2.57 bits per heavy atom. The molecule has 35 heavy (non-hydrogen) atoms. The zero-order chi connectivity index (χ0) is 24.8. The van der Waals surface area contributed by atoms with Gasteiger partial charge >= 0.3 is 0 Å². The van der Waals surface area contributed by atoms with Crippen molar-refractivity contribution < 1.29 is 0 Å². The average Bonchev–Trinajstić information content (AvgIpc) is 3.22. The van der Waals surface area contributed by atoms with E-state index in [-0.39, 0.29) is 5.92 Å². The van der Waals surface area contributed by atoms with E-state index < -0.39 is 0 Å². The molecular formula is C30H47N5. The first-order valence-electron chi connectivity index (χ1n) is 14.0. The standard InChI is InChI=1S/C30H47N5/c1-6-11-27(24(4)31-7-2)30-28-17-16-26(22-29(28)33(5)32-30)35-20-18-34(19-21-35)23(3)14-15-25-12-9-8-10-13-25/h7,16-17,22-23,25,27,31H,2,4,6,8-15,18-21H2,1,3,5H3/t23-,27?/m0/s1. The first kappa shape index (κ1) is 25.8. The molecule has 4 rings (SSSR count). The van der Waals surface area contributed by atoms with Gasteiger partial charge in [0.2, 0.25) is 0 Å². The summed E-state index contributed by atoms with van der Waals surface area (Å²) < 4.78 is 2.04. The molecule has 5 nitrogen and oxygen atoms in total. The second-order valence-electron chi connectivity index (χ2n) is 10.9. The summed E-state index contributed by atoms with van der Waals surface area (Å²) in [6, 6.07) is 7.60. The smallest absolute Gasteiger partial charge is 0.0792 e. The van der Waals surface area contributed by atoms with Crippen molar-refractivity contribution in [2.45, 2.75) is 83.6 Å². The minimum absolute atomic E-state index is 0.186. The van der Waals surface area contributed by atoms with Gasteiger partial charge in [0.15, 0.2) is 0 Å². The Morgan fingerprint density at radius 2 is 1.89 bits per heavy atom. The lowest BCUT2D eigenvalue weighted by molar-refractivity contribution is 0.175. The van der Waals surface area contributed by atoms with Crippen LogP contribution in [0.1, 0.15) is 83.2 Å². The first-order chi connectivity index (χ1) is 17.0. The minimum Gasteiger partial charge on any atom is -0.369 e. The molecule has 2 heterocycles. The summed E-state index contributed by atoms with van der Waals surface area (Å²) in [4.78, 5) is 5.27. The molecule has 1 N–H and O–H groups in total. The van der Waals surface area contributed by atoms with Crippen molar-refractivity contribution in [1.82, 2.24) is 20.0 Å². The average molecular weight is 478 g/mol. The molecule has 0 amide bonds. The molecule has 0 spiro atoms. The lowest BCUT2D eigenvalue weighted by Gasteiger charge is -2.39. The highest BCUT2D eigenvalue weighted by molar-refractivity contribution is 5.86. The Hall–Kier alpha value is -2.27. The third-order valence-corrected chi connectivity index (χ3v) is 8.50. The number of piperazine rings is 1. The Bertz CT molecular complexity index is 978. The minimum atomic E-state index is 0.186. The van der Waals surface area contributed by atoms with Gasteiger partial charge in [-0.1, -0.05) is 58.6 Å². The molecule has 1 aromatic heterocycles. The Labute approximate surface area is 213 Å². The van der Waals surface area contributed by atoms with Crippen LogP contribution in [0, 0.1) is 5.92 Å². The van der Waals surface area contributed by atoms with Crippen LogP contribution < -0.4 is 10.2 Å². The molecular weight excluding hydrogens is 430 g/mol. The summed E-state index contributed by atoms with van der Waals surface area (Å²) in [7, 11) is 2.06. The molecule has 2 fully saturated rings. The Morgan fingerprint density at radius 1 is 1.14 bits per heavy atom. The van der Waals surface area contributed by atoms with Gasteiger partial charge < -0.3 is 10.2 Å². The van der Waals surface area contributed by atoms with Crippen molar-refractivity contribution in [3.63, 3.8) is 0 Å². The number of benzene rings is 1. The highest BCUT2D eigenvalue weighted by atomic mass is 15.3. The zero-order valence-electron chi connectivity index (χ0n) is 22.4. The molecule has 1 unspecified atom stereocenters. The number of hydrogen-bond donors (Lipinski definition) is 1. The van der Waals surface area contributed by atoms with E-state index in [1.54, 1.807) is 6.20 Å². The summed E-state index contributed by atoms with van der Waals surface area (Å²) in [5, 5.41) is 9.39. The molecule has 2 aliphatic rings. The van der Waals surface area contributed by atoms with Gasteiger partial charge in [0.1, 0.15) is 0 Å². The largest absolute Gasteiger partial charge is 0.369 e. The van der Waals surface area contributed by atoms with Gasteiger partial charge in [0.25, 0.3) is 0 Å². The molecule has 1 aliphatic heterocycles. The van der Waals surface area contributed by atoms with Crippen molar-refractivity contribution in [2.75, 3.05) is 31.1 Å². The lowest BCUT2D eigenvalue weighted by Crippen LogP contribution is -2.49. The van der Waals surface area contributed by atoms with Gasteiger partial charge in [-0.15, -0.1) is 0 Å². The summed E-state index contributed by atoms with van der Waals surface area (Å²) in [5.41, 5.74) is 4.61. The van der Waals surface area contributed by atoms with Crippen LogP contribution in [0.3, 0.4) is 0 Å². The molecule has 2 atom stereocenters. The van der Waals surface area contributed by atoms with Crippen LogP contribution in [0.15, 0.2) is 43.3 Å². The Kier molecular flexibility index (Phi) is 8.94. The van der Waals surface area contributed by atoms with E-state index in [0.717, 1.165) is 56.3 Å². The SMILES string of the molecule is C=CNC(=C)C(CCC)c1nn(C)c2cc(N3CCN([C@@H](C)CCC4CCCCC4)CC3)ccc12. The summed E-state index contributed by atoms with van der Waals surface area (Å²) in [6.45, 7) is 17.3. The summed E-state index contributed by atoms with van der Waals surface area (Å²) >= 11 is 0. The number of rotatable bonds is 11. The predicted octanol–water partition coefficient (Wildman–Crippen LogP) is 6.57.